The Kier molecular flexibility index (Phi) is 6.84. The third-order valence-electron chi connectivity index (χ3n) is 4.71. The average Bonchev–Trinajstić information content (AvgIpc) is 3.24. The Bertz CT molecular complexity index is 1330. The summed E-state index contributed by atoms with van der Waals surface area (Å²) >= 11 is 3.58. The molecule has 0 aliphatic rings. The molecule has 0 spiro atoms. The van der Waals surface area contributed by atoms with Gasteiger partial charge in [-0.1, -0.05) is 42.5 Å². The van der Waals surface area contributed by atoms with Gasteiger partial charge in [-0.25, -0.2) is 4.63 Å². The molecule has 0 radical (unpaired) electrons. The number of hydrogen-bond donors (Lipinski definition) is 2. The highest BCUT2D eigenvalue weighted by Gasteiger charge is 2.13. The van der Waals surface area contributed by atoms with E-state index in [2.05, 4.69) is 65.3 Å². The van der Waals surface area contributed by atoms with Gasteiger partial charge < -0.3 is 20.9 Å². The third-order valence-corrected chi connectivity index (χ3v) is 5.30. The summed E-state index contributed by atoms with van der Waals surface area (Å²) in [6.07, 6.45) is 1.53. The van der Waals surface area contributed by atoms with E-state index in [4.69, 9.17) is 20.9 Å². The highest BCUT2D eigenvalue weighted by atomic mass is 79.9. The predicted octanol–water partition coefficient (Wildman–Crippen LogP) is 4.28. The Labute approximate surface area is 198 Å². The molecule has 3 aromatic carbocycles. The second kappa shape index (κ2) is 10.1. The minimum Gasteiger partial charge on any atom is -0.490 e. The monoisotopic (exact) mass is 508 g/mol. The molecule has 9 nitrogen and oxygen atoms in total. The average molecular weight is 509 g/mol. The molecule has 0 saturated carbocycles. The smallest absolute Gasteiger partial charge is 0.199 e. The van der Waals surface area contributed by atoms with E-state index in [9.17, 15) is 0 Å². The fourth-order valence-electron chi connectivity index (χ4n) is 3.21. The fourth-order valence-corrected chi connectivity index (χ4v) is 3.79. The second-order valence-electron chi connectivity index (χ2n) is 6.92. The molecule has 0 fully saturated rings. The van der Waals surface area contributed by atoms with Gasteiger partial charge in [-0.05, 0) is 67.2 Å². The van der Waals surface area contributed by atoms with E-state index >= 15 is 0 Å². The van der Waals surface area contributed by atoms with Crippen molar-refractivity contribution in [3.8, 4) is 11.5 Å². The maximum Gasteiger partial charge on any atom is 0.199 e. The van der Waals surface area contributed by atoms with Gasteiger partial charge in [0.1, 0.15) is 6.61 Å². The predicted molar refractivity (Wildman–Crippen MR) is 131 cm³/mol. The van der Waals surface area contributed by atoms with E-state index in [1.807, 2.05) is 37.3 Å². The van der Waals surface area contributed by atoms with Gasteiger partial charge in [0.05, 0.1) is 17.3 Å². The summed E-state index contributed by atoms with van der Waals surface area (Å²) in [5.41, 5.74) is 13.4. The van der Waals surface area contributed by atoms with Crippen LogP contribution in [0.1, 0.15) is 23.7 Å². The van der Waals surface area contributed by atoms with Gasteiger partial charge in [-0.2, -0.15) is 5.10 Å². The standard InChI is InChI=1S/C23H21BrN6O3/c1-2-31-19-11-14(12-27-28-22(25)20-23(26)30-33-29-20)10-18(24)21(19)32-13-16-8-5-7-15-6-3-4-9-17(15)16/h3-12H,2,13H2,1H3,(H2,25,28)(H2,26,30). The summed E-state index contributed by atoms with van der Waals surface area (Å²) in [5, 5.41) is 17.2. The highest BCUT2D eigenvalue weighted by Crippen LogP contribution is 2.37. The molecule has 0 bridgehead atoms. The minimum atomic E-state index is -0.0101. The van der Waals surface area contributed by atoms with Crippen LogP contribution in [0.2, 0.25) is 0 Å². The number of hydrogen-bond acceptors (Lipinski definition) is 8. The van der Waals surface area contributed by atoms with Crippen molar-refractivity contribution in [2.45, 2.75) is 13.5 Å². The molecule has 0 atom stereocenters. The quantitative estimate of drug-likeness (QED) is 0.206. The number of benzene rings is 3. The molecule has 4 rings (SSSR count). The lowest BCUT2D eigenvalue weighted by atomic mass is 10.1. The van der Waals surface area contributed by atoms with E-state index in [0.717, 1.165) is 26.4 Å². The van der Waals surface area contributed by atoms with Crippen LogP contribution in [-0.4, -0.2) is 29.0 Å². The van der Waals surface area contributed by atoms with Gasteiger partial charge in [0.25, 0.3) is 0 Å². The maximum absolute atomic E-state index is 6.17. The molecule has 1 heterocycles. The summed E-state index contributed by atoms with van der Waals surface area (Å²) in [7, 11) is 0. The van der Waals surface area contributed by atoms with E-state index < -0.39 is 0 Å². The van der Waals surface area contributed by atoms with Crippen molar-refractivity contribution in [3.63, 3.8) is 0 Å². The van der Waals surface area contributed by atoms with Crippen molar-refractivity contribution in [2.75, 3.05) is 12.3 Å². The van der Waals surface area contributed by atoms with Crippen molar-refractivity contribution in [3.05, 3.63) is 75.9 Å². The molecule has 0 aliphatic heterocycles. The van der Waals surface area contributed by atoms with Crippen LogP contribution < -0.4 is 20.9 Å². The van der Waals surface area contributed by atoms with Crippen molar-refractivity contribution in [2.24, 2.45) is 15.9 Å². The number of aromatic nitrogens is 2. The molecule has 4 N–H and O–H groups in total. The molecule has 1 aromatic heterocycles. The van der Waals surface area contributed by atoms with Gasteiger partial charge in [0.15, 0.2) is 28.8 Å². The van der Waals surface area contributed by atoms with E-state index in [0.29, 0.717) is 24.7 Å². The largest absolute Gasteiger partial charge is 0.490 e. The molecule has 0 unspecified atom stereocenters. The number of anilines is 1. The summed E-state index contributed by atoms with van der Waals surface area (Å²) in [6.45, 7) is 2.77. The van der Waals surface area contributed by atoms with Crippen LogP contribution in [0.4, 0.5) is 5.82 Å². The Morgan fingerprint density at radius 2 is 1.94 bits per heavy atom. The maximum atomic E-state index is 6.17. The molecule has 0 saturated heterocycles. The van der Waals surface area contributed by atoms with Crippen LogP contribution in [0.25, 0.3) is 10.8 Å². The first kappa shape index (κ1) is 22.3. The Morgan fingerprint density at radius 1 is 1.12 bits per heavy atom. The number of fused-ring (bicyclic) bond motifs is 1. The molecule has 0 amide bonds. The molecular formula is C23H21BrN6O3. The van der Waals surface area contributed by atoms with E-state index in [1.54, 1.807) is 0 Å². The SMILES string of the molecule is CCOc1cc(C=N/N=C(\N)c2nonc2N)cc(Br)c1OCc1cccc2ccccc12. The Hall–Kier alpha value is -3.92. The second-order valence-corrected chi connectivity index (χ2v) is 7.77. The van der Waals surface area contributed by atoms with Crippen LogP contribution in [0.15, 0.2) is 73.9 Å². The molecule has 4 aromatic rings. The first-order valence-corrected chi connectivity index (χ1v) is 10.9. The van der Waals surface area contributed by atoms with Crippen molar-refractivity contribution < 1.29 is 14.1 Å². The first-order valence-electron chi connectivity index (χ1n) is 10.1. The van der Waals surface area contributed by atoms with Gasteiger partial charge >= 0.3 is 0 Å². The van der Waals surface area contributed by atoms with Crippen LogP contribution in [-0.2, 0) is 6.61 Å². The zero-order valence-corrected chi connectivity index (χ0v) is 19.3. The lowest BCUT2D eigenvalue weighted by Crippen LogP contribution is -2.15. The number of ether oxygens (including phenoxy) is 2. The summed E-state index contributed by atoms with van der Waals surface area (Å²) in [4.78, 5) is 0. The number of amidine groups is 1. The number of nitrogen functional groups attached to an aromatic ring is 1. The van der Waals surface area contributed by atoms with Crippen LogP contribution >= 0.6 is 15.9 Å². The zero-order chi connectivity index (χ0) is 23.2. The highest BCUT2D eigenvalue weighted by molar-refractivity contribution is 9.10. The van der Waals surface area contributed by atoms with Gasteiger partial charge in [0.2, 0.25) is 0 Å². The topological polar surface area (TPSA) is 134 Å². The molecule has 10 heteroatoms. The van der Waals surface area contributed by atoms with E-state index in [1.165, 1.54) is 6.21 Å². The lowest BCUT2D eigenvalue weighted by molar-refractivity contribution is 0.268. The number of rotatable bonds is 8. The first-order chi connectivity index (χ1) is 16.1. The van der Waals surface area contributed by atoms with Crippen molar-refractivity contribution in [1.82, 2.24) is 10.3 Å². The van der Waals surface area contributed by atoms with Crippen LogP contribution in [0, 0.1) is 0 Å². The molecule has 0 aliphatic carbocycles. The van der Waals surface area contributed by atoms with Gasteiger partial charge in [-0.3, -0.25) is 0 Å². The molecular weight excluding hydrogens is 488 g/mol. The lowest BCUT2D eigenvalue weighted by Gasteiger charge is -2.15. The van der Waals surface area contributed by atoms with E-state index in [-0.39, 0.29) is 17.3 Å². The van der Waals surface area contributed by atoms with Gasteiger partial charge in [-0.15, -0.1) is 5.10 Å². The van der Waals surface area contributed by atoms with Crippen molar-refractivity contribution >= 4 is 44.6 Å². The van der Waals surface area contributed by atoms with Crippen LogP contribution in [0.5, 0.6) is 11.5 Å². The van der Waals surface area contributed by atoms with Gasteiger partial charge in [0, 0.05) is 0 Å². The summed E-state index contributed by atoms with van der Waals surface area (Å²) < 4.78 is 17.2. The summed E-state index contributed by atoms with van der Waals surface area (Å²) in [5.74, 6) is 1.21. The fraction of sp³-hybridized carbons (Fsp3) is 0.130. The number of nitrogens with zero attached hydrogens (tertiary/aromatic N) is 4. The molecule has 33 heavy (non-hydrogen) atoms. The zero-order valence-electron chi connectivity index (χ0n) is 17.7. The normalized spacial score (nSPS) is 11.9. The Balaban J connectivity index is 1.56. The molecule has 168 valence electrons. The van der Waals surface area contributed by atoms with Crippen LogP contribution in [0.3, 0.4) is 0 Å². The summed E-state index contributed by atoms with van der Waals surface area (Å²) in [6, 6.07) is 18.0. The Morgan fingerprint density at radius 3 is 2.73 bits per heavy atom. The number of halogens is 1. The van der Waals surface area contributed by atoms with Crippen molar-refractivity contribution in [1.29, 1.82) is 0 Å². The third kappa shape index (κ3) is 5.12. The minimum absolute atomic E-state index is 0.0101. The number of nitrogens with two attached hydrogens (primary N) is 2.